The Morgan fingerprint density at radius 1 is 1.44 bits per heavy atom. The summed E-state index contributed by atoms with van der Waals surface area (Å²) < 4.78 is 6.16. The van der Waals surface area contributed by atoms with Crippen molar-refractivity contribution in [3.8, 4) is 0 Å². The molecule has 0 aromatic carbocycles. The first-order chi connectivity index (χ1) is 8.37. The molecule has 1 amide bonds. The van der Waals surface area contributed by atoms with Gasteiger partial charge in [0, 0.05) is 0 Å². The number of rotatable bonds is 1. The van der Waals surface area contributed by atoms with Crippen LogP contribution in [0, 0.1) is 0 Å². The number of aromatic nitrogens is 4. The topological polar surface area (TPSA) is 101 Å². The summed E-state index contributed by atoms with van der Waals surface area (Å²) in [6, 6.07) is 0. The van der Waals surface area contributed by atoms with Crippen LogP contribution in [0.5, 0.6) is 0 Å². The van der Waals surface area contributed by atoms with E-state index in [1.54, 1.807) is 20.8 Å². The molecule has 0 bridgehead atoms. The quantitative estimate of drug-likeness (QED) is 0.779. The number of amides is 1. The molecule has 0 spiro atoms. The lowest BCUT2D eigenvalue weighted by atomic mass is 10.2. The van der Waals surface area contributed by atoms with E-state index in [-0.39, 0.29) is 11.5 Å². The summed E-state index contributed by atoms with van der Waals surface area (Å²) in [6.07, 6.45) is 1.87. The lowest BCUT2D eigenvalue weighted by molar-refractivity contribution is 0.0635. The number of anilines is 1. The minimum Gasteiger partial charge on any atom is -0.444 e. The number of carbonyl (C=O) groups is 1. The predicted molar refractivity (Wildman–Crippen MR) is 63.5 cm³/mol. The Hall–Kier alpha value is -2.38. The molecule has 2 N–H and O–H groups in total. The summed E-state index contributed by atoms with van der Waals surface area (Å²) >= 11 is 0. The Labute approximate surface area is 102 Å². The molecule has 0 aliphatic heterocycles. The lowest BCUT2D eigenvalue weighted by Gasteiger charge is -2.19. The Bertz CT molecular complexity index is 637. The fourth-order valence-corrected chi connectivity index (χ4v) is 1.30. The molecule has 18 heavy (non-hydrogen) atoms. The Balaban J connectivity index is 2.24. The van der Waals surface area contributed by atoms with Gasteiger partial charge in [0.2, 0.25) is 0 Å². The van der Waals surface area contributed by atoms with Gasteiger partial charge in [0.1, 0.15) is 17.6 Å². The highest BCUT2D eigenvalue weighted by Gasteiger charge is 2.17. The van der Waals surface area contributed by atoms with Crippen molar-refractivity contribution in [1.82, 2.24) is 19.6 Å². The number of H-pyrrole nitrogens is 1. The third kappa shape index (κ3) is 2.47. The van der Waals surface area contributed by atoms with E-state index < -0.39 is 17.3 Å². The van der Waals surface area contributed by atoms with E-state index in [4.69, 9.17) is 4.74 Å². The van der Waals surface area contributed by atoms with Crippen LogP contribution in [0.4, 0.5) is 10.5 Å². The second-order valence-electron chi connectivity index (χ2n) is 4.63. The smallest absolute Gasteiger partial charge is 0.412 e. The molecule has 2 aromatic rings. The average molecular weight is 251 g/mol. The van der Waals surface area contributed by atoms with Crippen molar-refractivity contribution in [1.29, 1.82) is 0 Å². The molecule has 0 saturated carbocycles. The van der Waals surface area contributed by atoms with Gasteiger partial charge in [-0.3, -0.25) is 15.2 Å². The number of ether oxygens (including phenoxy) is 1. The van der Waals surface area contributed by atoms with Gasteiger partial charge in [-0.05, 0) is 20.8 Å². The third-order valence-corrected chi connectivity index (χ3v) is 1.95. The molecule has 0 unspecified atom stereocenters. The molecule has 2 rings (SSSR count). The van der Waals surface area contributed by atoms with Crippen molar-refractivity contribution in [2.24, 2.45) is 0 Å². The number of hydrogen-bond donors (Lipinski definition) is 2. The molecule has 0 saturated heterocycles. The van der Waals surface area contributed by atoms with Crippen molar-refractivity contribution in [2.45, 2.75) is 26.4 Å². The van der Waals surface area contributed by atoms with E-state index in [0.717, 1.165) is 4.52 Å². The summed E-state index contributed by atoms with van der Waals surface area (Å²) in [6.45, 7) is 5.20. The van der Waals surface area contributed by atoms with Gasteiger partial charge in [0.05, 0.1) is 6.20 Å². The molecule has 0 radical (unpaired) electrons. The summed E-state index contributed by atoms with van der Waals surface area (Å²) in [7, 11) is 0. The first-order valence-corrected chi connectivity index (χ1v) is 5.28. The molecule has 0 aliphatic rings. The van der Waals surface area contributed by atoms with Gasteiger partial charge in [-0.25, -0.2) is 14.8 Å². The van der Waals surface area contributed by atoms with Crippen LogP contribution in [-0.2, 0) is 4.74 Å². The van der Waals surface area contributed by atoms with Crippen molar-refractivity contribution < 1.29 is 9.53 Å². The maximum Gasteiger partial charge on any atom is 0.412 e. The van der Waals surface area contributed by atoms with E-state index >= 15 is 0 Å². The molecular weight excluding hydrogens is 238 g/mol. The zero-order chi connectivity index (χ0) is 13.3. The van der Waals surface area contributed by atoms with Crippen molar-refractivity contribution >= 4 is 17.6 Å². The van der Waals surface area contributed by atoms with Crippen LogP contribution < -0.4 is 10.9 Å². The zero-order valence-corrected chi connectivity index (χ0v) is 10.2. The standard InChI is InChI=1S/C10H13N5O3/c1-10(2,3)18-9(17)14-6-4-11-8-12-5-13-15(8)7(6)16/h4-5H,1-3H3,(H,14,17)(H,11,12,13). The zero-order valence-electron chi connectivity index (χ0n) is 10.2. The summed E-state index contributed by atoms with van der Waals surface area (Å²) in [4.78, 5) is 31.1. The molecule has 0 fully saturated rings. The fourth-order valence-electron chi connectivity index (χ4n) is 1.30. The predicted octanol–water partition coefficient (Wildman–Crippen LogP) is 0.765. The van der Waals surface area contributed by atoms with Crippen molar-refractivity contribution in [3.05, 3.63) is 22.9 Å². The van der Waals surface area contributed by atoms with Gasteiger partial charge in [-0.1, -0.05) is 0 Å². The Kier molecular flexibility index (Phi) is 2.77. The highest BCUT2D eigenvalue weighted by atomic mass is 16.6. The van der Waals surface area contributed by atoms with Gasteiger partial charge >= 0.3 is 6.09 Å². The molecular formula is C10H13N5O3. The van der Waals surface area contributed by atoms with Crippen LogP contribution in [-0.4, -0.2) is 31.3 Å². The van der Waals surface area contributed by atoms with Crippen LogP contribution >= 0.6 is 0 Å². The Morgan fingerprint density at radius 2 is 2.17 bits per heavy atom. The number of fused-ring (bicyclic) bond motifs is 1. The van der Waals surface area contributed by atoms with Crippen molar-refractivity contribution in [3.63, 3.8) is 0 Å². The number of nitrogens with one attached hydrogen (secondary N) is 2. The number of carbonyl (C=O) groups excluding carboxylic acids is 1. The van der Waals surface area contributed by atoms with E-state index in [1.165, 1.54) is 12.5 Å². The number of aromatic amines is 1. The lowest BCUT2D eigenvalue weighted by Crippen LogP contribution is -2.30. The van der Waals surface area contributed by atoms with Crippen LogP contribution in [0.2, 0.25) is 0 Å². The van der Waals surface area contributed by atoms with Gasteiger partial charge < -0.3 is 4.74 Å². The number of nitrogens with zero attached hydrogens (tertiary/aromatic N) is 3. The van der Waals surface area contributed by atoms with Crippen molar-refractivity contribution in [2.75, 3.05) is 5.32 Å². The Morgan fingerprint density at radius 3 is 2.83 bits per heavy atom. The molecule has 2 heterocycles. The van der Waals surface area contributed by atoms with Gasteiger partial charge in [-0.2, -0.15) is 4.52 Å². The highest BCUT2D eigenvalue weighted by Crippen LogP contribution is 2.08. The van der Waals surface area contributed by atoms with E-state index in [9.17, 15) is 9.59 Å². The molecule has 8 nitrogen and oxygen atoms in total. The van der Waals surface area contributed by atoms with Gasteiger partial charge in [0.15, 0.2) is 0 Å². The first-order valence-electron chi connectivity index (χ1n) is 5.28. The van der Waals surface area contributed by atoms with Crippen LogP contribution in [0.15, 0.2) is 17.3 Å². The molecule has 8 heteroatoms. The highest BCUT2D eigenvalue weighted by molar-refractivity contribution is 5.84. The van der Waals surface area contributed by atoms with Crippen LogP contribution in [0.25, 0.3) is 5.78 Å². The minimum atomic E-state index is -0.708. The van der Waals surface area contributed by atoms with E-state index in [2.05, 4.69) is 20.4 Å². The van der Waals surface area contributed by atoms with Gasteiger partial charge in [0.25, 0.3) is 11.3 Å². The summed E-state index contributed by atoms with van der Waals surface area (Å²) in [5.74, 6) is 0.231. The largest absolute Gasteiger partial charge is 0.444 e. The maximum absolute atomic E-state index is 11.9. The average Bonchev–Trinajstić information content (AvgIpc) is 2.68. The second kappa shape index (κ2) is 4.13. The van der Waals surface area contributed by atoms with Crippen LogP contribution in [0.3, 0.4) is 0 Å². The molecule has 96 valence electrons. The van der Waals surface area contributed by atoms with Crippen LogP contribution in [0.1, 0.15) is 20.8 Å². The molecule has 0 atom stereocenters. The molecule has 2 aromatic heterocycles. The second-order valence-corrected chi connectivity index (χ2v) is 4.63. The number of hydrogen-bond acceptors (Lipinski definition) is 5. The minimum absolute atomic E-state index is 0.0194. The SMILES string of the molecule is CC(C)(C)OC(=O)Nc1cnc2nc[nH]n2c1=O. The normalized spacial score (nSPS) is 11.5. The first kappa shape index (κ1) is 12.1. The fraction of sp³-hybridized carbons (Fsp3) is 0.400. The third-order valence-electron chi connectivity index (χ3n) is 1.95. The summed E-state index contributed by atoms with van der Waals surface area (Å²) in [5.41, 5.74) is -1.07. The monoisotopic (exact) mass is 251 g/mol. The van der Waals surface area contributed by atoms with Gasteiger partial charge in [-0.15, -0.1) is 0 Å². The summed E-state index contributed by atoms with van der Waals surface area (Å²) in [5, 5.41) is 4.93. The maximum atomic E-state index is 11.9. The van der Waals surface area contributed by atoms with E-state index in [1.807, 2.05) is 0 Å². The molecule has 0 aliphatic carbocycles. The van der Waals surface area contributed by atoms with E-state index in [0.29, 0.717) is 0 Å².